The average molecular weight is 79.1 g/mol. The zero-order valence-electron chi connectivity index (χ0n) is 5.23. The predicted molar refractivity (Wildman–Crippen MR) is 26.1 cm³/mol. The Morgan fingerprint density at radius 2 is 2.50 bits per heavy atom. The maximum absolute atomic E-state index is 6.98. The Bertz CT molecular complexity index is 172. The summed E-state index contributed by atoms with van der Waals surface area (Å²) in [6.07, 6.45) is 7.17. The third-order valence-corrected chi connectivity index (χ3v) is 0.500. The van der Waals surface area contributed by atoms with Crippen molar-refractivity contribution in [3.05, 3.63) is 36.4 Å². The smallest absolute Gasteiger partial charge is 0.0395 e. The molecule has 0 unspecified atom stereocenters. The third-order valence-electron chi connectivity index (χ3n) is 0.500. The Morgan fingerprint density at radius 1 is 1.50 bits per heavy atom. The van der Waals surface area contributed by atoms with E-state index < -0.39 is 0 Å². The lowest BCUT2D eigenvalue weighted by Crippen LogP contribution is -1.56. The van der Waals surface area contributed by atoms with Crippen LogP contribution < -0.4 is 0 Å². The number of rotatable bonds is 0. The highest BCUT2D eigenvalue weighted by atomic mass is 13.7. The molecule has 0 spiro atoms. The van der Waals surface area contributed by atoms with Gasteiger partial charge in [-0.3, -0.25) is 0 Å². The Hall–Kier alpha value is -0.870. The third kappa shape index (κ3) is 0.540. The van der Waals surface area contributed by atoms with Crippen molar-refractivity contribution in [2.45, 2.75) is 0 Å². The van der Waals surface area contributed by atoms with E-state index in [9.17, 15) is 0 Å². The van der Waals surface area contributed by atoms with E-state index in [1.165, 1.54) is 18.2 Å². The molecule has 0 heterocycles. The average Bonchev–Trinajstić information content (AvgIpc) is 1.64. The summed E-state index contributed by atoms with van der Waals surface area (Å²) in [7, 11) is 0. The molecule has 6 heavy (non-hydrogen) atoms. The number of hydrogen-bond acceptors (Lipinski definition) is 0. The molecule has 1 aliphatic rings. The van der Waals surface area contributed by atoms with Crippen molar-refractivity contribution >= 4 is 0 Å². The maximum Gasteiger partial charge on any atom is 0.153 e. The molecule has 0 saturated carbocycles. The Labute approximate surface area is 40.3 Å². The van der Waals surface area contributed by atoms with Crippen molar-refractivity contribution in [2.75, 3.05) is 0 Å². The minimum Gasteiger partial charge on any atom is 0.0395 e. The number of hydrogen-bond donors (Lipinski definition) is 0. The van der Waals surface area contributed by atoms with Crippen LogP contribution in [0, 0.1) is 6.08 Å². The van der Waals surface area contributed by atoms with Crippen LogP contribution in [0.25, 0.3) is 0 Å². The van der Waals surface area contributed by atoms with Crippen molar-refractivity contribution in [3.63, 3.8) is 0 Å². The minimum atomic E-state index is 0.345. The summed E-state index contributed by atoms with van der Waals surface area (Å²) < 4.78 is 14.0. The van der Waals surface area contributed by atoms with Crippen LogP contribution in [0.1, 0.15) is 2.74 Å². The van der Waals surface area contributed by atoms with Gasteiger partial charge in [-0.15, -0.1) is 0 Å². The maximum atomic E-state index is 6.98. The van der Waals surface area contributed by atoms with E-state index in [4.69, 9.17) is 2.74 Å². The van der Waals surface area contributed by atoms with Crippen LogP contribution in [0.3, 0.4) is 0 Å². The fraction of sp³-hybridized carbons (Fsp3) is 0. The highest BCUT2D eigenvalue weighted by molar-refractivity contribution is 5.18. The first-order valence-corrected chi connectivity index (χ1v) is 1.73. The van der Waals surface area contributed by atoms with E-state index >= 15 is 0 Å². The van der Waals surface area contributed by atoms with Crippen LogP contribution in [0.5, 0.6) is 0 Å². The van der Waals surface area contributed by atoms with Crippen LogP contribution in [-0.4, -0.2) is 0 Å². The zero-order chi connectivity index (χ0) is 5.98. The number of allylic oxidation sites excluding steroid dienone is 6. The summed E-state index contributed by atoms with van der Waals surface area (Å²) in [5, 5.41) is 0. The quantitative estimate of drug-likeness (QED) is 0.386. The van der Waals surface area contributed by atoms with Gasteiger partial charge in [0.1, 0.15) is 12.2 Å². The molecule has 0 saturated heterocycles. The summed E-state index contributed by atoms with van der Waals surface area (Å²) >= 11 is 0. The Balaban J connectivity index is 2.89. The summed E-state index contributed by atoms with van der Waals surface area (Å²) in [5.41, 5.74) is 0. The van der Waals surface area contributed by atoms with Gasteiger partial charge in [0.25, 0.3) is 0 Å². The van der Waals surface area contributed by atoms with Crippen molar-refractivity contribution in [3.8, 4) is 0 Å². The summed E-state index contributed by atoms with van der Waals surface area (Å²) in [4.78, 5) is 0. The SMILES string of the molecule is [2H]C1=C[C+]=CC([2H])=C1. The van der Waals surface area contributed by atoms with E-state index in [0.29, 0.717) is 12.1 Å². The van der Waals surface area contributed by atoms with Gasteiger partial charge in [-0.25, -0.2) is 0 Å². The van der Waals surface area contributed by atoms with Gasteiger partial charge in [0.05, 0.1) is 0 Å². The lowest BCUT2D eigenvalue weighted by Gasteiger charge is -1.64. The Kier molecular flexibility index (Phi) is 0.441. The van der Waals surface area contributed by atoms with Crippen molar-refractivity contribution < 1.29 is 2.74 Å². The molecule has 0 aromatic carbocycles. The van der Waals surface area contributed by atoms with E-state index in [2.05, 4.69) is 6.08 Å². The molecule has 0 heteroatoms. The lowest BCUT2D eigenvalue weighted by atomic mass is 10.3. The van der Waals surface area contributed by atoms with E-state index in [1.54, 1.807) is 0 Å². The lowest BCUT2D eigenvalue weighted by molar-refractivity contribution is 1.75. The molecule has 0 amide bonds. The molecule has 0 bridgehead atoms. The molecule has 0 atom stereocenters. The van der Waals surface area contributed by atoms with Gasteiger partial charge in [-0.2, -0.15) is 0 Å². The highest BCUT2D eigenvalue weighted by Crippen LogP contribution is 1.85. The van der Waals surface area contributed by atoms with Gasteiger partial charge >= 0.3 is 0 Å². The summed E-state index contributed by atoms with van der Waals surface area (Å²) in [5.74, 6) is 0. The van der Waals surface area contributed by atoms with Gasteiger partial charge in [0, 0.05) is 24.3 Å². The molecule has 0 fully saturated rings. The van der Waals surface area contributed by atoms with Crippen LogP contribution in [0.4, 0.5) is 0 Å². The van der Waals surface area contributed by atoms with Crippen molar-refractivity contribution in [1.29, 1.82) is 0 Å². The molecule has 0 aliphatic heterocycles. The molecule has 0 nitrogen and oxygen atoms in total. The van der Waals surface area contributed by atoms with Crippen molar-refractivity contribution in [2.24, 2.45) is 0 Å². The van der Waals surface area contributed by atoms with E-state index in [1.807, 2.05) is 0 Å². The van der Waals surface area contributed by atoms with Gasteiger partial charge < -0.3 is 0 Å². The largest absolute Gasteiger partial charge is 0.153 e. The molecular formula is C6H5+. The molecule has 1 rings (SSSR count). The standard InChI is InChI=1S/C6H5/c1-2-4-6-5-3-1/h1-5H/q+1/i2D,3D. The minimum absolute atomic E-state index is 0.345. The van der Waals surface area contributed by atoms with Crippen molar-refractivity contribution in [1.82, 2.24) is 0 Å². The Morgan fingerprint density at radius 3 is 3.00 bits per heavy atom. The zero-order valence-corrected chi connectivity index (χ0v) is 3.23. The van der Waals surface area contributed by atoms with Gasteiger partial charge in [0.15, 0.2) is 2.74 Å². The second kappa shape index (κ2) is 1.54. The molecule has 28 valence electrons. The summed E-state index contributed by atoms with van der Waals surface area (Å²) in [6, 6.07) is 0.690. The van der Waals surface area contributed by atoms with Gasteiger partial charge in [0.2, 0.25) is 0 Å². The highest BCUT2D eigenvalue weighted by Gasteiger charge is 1.78. The molecular weight excluding hydrogens is 72.1 g/mol. The van der Waals surface area contributed by atoms with Crippen LogP contribution >= 0.6 is 0 Å². The topological polar surface area (TPSA) is 0 Å². The first-order valence-electron chi connectivity index (χ1n) is 2.73. The molecule has 1 aliphatic carbocycles. The van der Waals surface area contributed by atoms with Crippen LogP contribution in [0.2, 0.25) is 0 Å². The van der Waals surface area contributed by atoms with Crippen LogP contribution in [-0.2, 0) is 0 Å². The van der Waals surface area contributed by atoms with E-state index in [-0.39, 0.29) is 0 Å². The fourth-order valence-electron chi connectivity index (χ4n) is 0.269. The molecule has 0 aromatic heterocycles. The monoisotopic (exact) mass is 79.1 g/mol. The van der Waals surface area contributed by atoms with Crippen LogP contribution in [0.15, 0.2) is 30.3 Å². The summed E-state index contributed by atoms with van der Waals surface area (Å²) in [6.45, 7) is 0. The van der Waals surface area contributed by atoms with Gasteiger partial charge in [-0.1, -0.05) is 0 Å². The fourth-order valence-corrected chi connectivity index (χ4v) is 0.269. The molecule has 0 aromatic rings. The van der Waals surface area contributed by atoms with E-state index in [0.717, 1.165) is 0 Å². The first kappa shape index (κ1) is 1.72. The molecule has 0 N–H and O–H groups in total. The van der Waals surface area contributed by atoms with Gasteiger partial charge in [-0.05, 0) is 0 Å². The second-order valence-corrected chi connectivity index (χ2v) is 0.933. The predicted octanol–water partition coefficient (Wildman–Crippen LogP) is 1.47. The molecule has 0 radical (unpaired) electrons. The second-order valence-electron chi connectivity index (χ2n) is 0.933. The first-order chi connectivity index (χ1) is 3.79. The normalized spacial score (nSPS) is 22.7.